The van der Waals surface area contributed by atoms with Crippen LogP contribution in [0.1, 0.15) is 71.6 Å². The van der Waals surface area contributed by atoms with Crippen LogP contribution < -0.4 is 0 Å². The van der Waals surface area contributed by atoms with Crippen LogP contribution in [0, 0.1) is 52.8 Å². The minimum Gasteiger partial charge on any atom is -0.0594 e. The summed E-state index contributed by atoms with van der Waals surface area (Å²) in [7, 11) is 0. The van der Waals surface area contributed by atoms with Gasteiger partial charge >= 0.3 is 0 Å². The Morgan fingerprint density at radius 3 is 2.15 bits per heavy atom. The third kappa shape index (κ3) is 1.45. The van der Waals surface area contributed by atoms with Gasteiger partial charge in [-0.15, -0.1) is 0 Å². The summed E-state index contributed by atoms with van der Waals surface area (Å²) in [6.45, 7) is 5.33. The van der Waals surface area contributed by atoms with Gasteiger partial charge in [0.25, 0.3) is 0 Å². The van der Waals surface area contributed by atoms with Crippen LogP contribution in [0.2, 0.25) is 0 Å². The number of hydrogen-bond acceptors (Lipinski definition) is 0. The van der Waals surface area contributed by atoms with Crippen molar-refractivity contribution >= 4 is 0 Å². The highest BCUT2D eigenvalue weighted by molar-refractivity contribution is 5.13. The van der Waals surface area contributed by atoms with Gasteiger partial charge in [0.1, 0.15) is 0 Å². The first kappa shape index (κ1) is 12.5. The molecule has 0 nitrogen and oxygen atoms in total. The molecule has 112 valence electrons. The minimum atomic E-state index is 0.655. The van der Waals surface area contributed by atoms with Crippen molar-refractivity contribution in [2.45, 2.75) is 71.6 Å². The van der Waals surface area contributed by atoms with Gasteiger partial charge in [0, 0.05) is 0 Å². The lowest BCUT2D eigenvalue weighted by atomic mass is 9.58. The van der Waals surface area contributed by atoms with Crippen LogP contribution in [0.25, 0.3) is 0 Å². The van der Waals surface area contributed by atoms with E-state index in [1.54, 1.807) is 44.9 Å². The molecule has 0 aromatic rings. The van der Waals surface area contributed by atoms with Crippen molar-refractivity contribution in [3.05, 3.63) is 0 Å². The molecule has 5 aliphatic carbocycles. The molecule has 0 spiro atoms. The molecule has 5 fully saturated rings. The highest BCUT2D eigenvalue weighted by atomic mass is 14.7. The molecule has 0 aliphatic heterocycles. The fraction of sp³-hybridized carbons (Fsp3) is 1.00. The fourth-order valence-corrected chi connectivity index (χ4v) is 8.39. The molecule has 0 saturated heterocycles. The number of hydrogen-bond donors (Lipinski definition) is 0. The molecule has 5 saturated carbocycles. The van der Waals surface area contributed by atoms with E-state index in [0.717, 1.165) is 23.7 Å². The molecule has 0 heteroatoms. The maximum absolute atomic E-state index is 2.66. The van der Waals surface area contributed by atoms with Gasteiger partial charge in [-0.1, -0.05) is 26.7 Å². The molecule has 5 rings (SSSR count). The molecule has 0 heterocycles. The predicted octanol–water partition coefficient (Wildman–Crippen LogP) is 5.52. The summed E-state index contributed by atoms with van der Waals surface area (Å²) < 4.78 is 0. The van der Waals surface area contributed by atoms with Gasteiger partial charge in [-0.3, -0.25) is 0 Å². The smallest absolute Gasteiger partial charge is 0.0295 e. The highest BCUT2D eigenvalue weighted by Gasteiger charge is 2.64. The topological polar surface area (TPSA) is 0 Å². The first-order chi connectivity index (χ1) is 9.66. The zero-order chi connectivity index (χ0) is 13.5. The predicted molar refractivity (Wildman–Crippen MR) is 83.3 cm³/mol. The SMILES string of the molecule is CC(C)(C1CCCC1)C1CC2CC1C1C3CCC(C3)C21. The molecule has 0 aromatic heterocycles. The molecule has 0 radical (unpaired) electrons. The van der Waals surface area contributed by atoms with Crippen LogP contribution in [-0.2, 0) is 0 Å². The van der Waals surface area contributed by atoms with E-state index in [4.69, 9.17) is 0 Å². The van der Waals surface area contributed by atoms with E-state index >= 15 is 0 Å². The van der Waals surface area contributed by atoms with E-state index in [9.17, 15) is 0 Å². The minimum absolute atomic E-state index is 0.655. The van der Waals surface area contributed by atoms with E-state index in [1.807, 2.05) is 0 Å². The maximum Gasteiger partial charge on any atom is -0.0295 e. The average Bonchev–Trinajstić information content (AvgIpc) is 3.20. The second-order valence-electron chi connectivity index (χ2n) is 9.79. The van der Waals surface area contributed by atoms with E-state index < -0.39 is 0 Å². The summed E-state index contributed by atoms with van der Waals surface area (Å²) in [4.78, 5) is 0. The van der Waals surface area contributed by atoms with Crippen LogP contribution in [-0.4, -0.2) is 0 Å². The Balaban J connectivity index is 1.42. The van der Waals surface area contributed by atoms with Gasteiger partial charge in [-0.2, -0.15) is 0 Å². The van der Waals surface area contributed by atoms with Crippen molar-refractivity contribution in [2.75, 3.05) is 0 Å². The molecule has 5 aliphatic rings. The van der Waals surface area contributed by atoms with Crippen LogP contribution in [0.5, 0.6) is 0 Å². The Hall–Kier alpha value is 0. The molecule has 7 atom stereocenters. The molecular weight excluding hydrogens is 240 g/mol. The van der Waals surface area contributed by atoms with Gasteiger partial charge in [0.15, 0.2) is 0 Å². The molecule has 20 heavy (non-hydrogen) atoms. The Kier molecular flexibility index (Phi) is 2.54. The van der Waals surface area contributed by atoms with Crippen molar-refractivity contribution in [3.63, 3.8) is 0 Å². The quantitative estimate of drug-likeness (QED) is 0.580. The lowest BCUT2D eigenvalue weighted by molar-refractivity contribution is 0.0101. The third-order valence-electron chi connectivity index (χ3n) is 9.10. The molecule has 0 amide bonds. The summed E-state index contributed by atoms with van der Waals surface area (Å²) in [5, 5.41) is 0. The van der Waals surface area contributed by atoms with Crippen LogP contribution in [0.3, 0.4) is 0 Å². The third-order valence-corrected chi connectivity index (χ3v) is 9.10. The van der Waals surface area contributed by atoms with E-state index in [2.05, 4.69) is 13.8 Å². The van der Waals surface area contributed by atoms with Crippen LogP contribution in [0.4, 0.5) is 0 Å². The molecule has 4 bridgehead atoms. The van der Waals surface area contributed by atoms with Crippen LogP contribution in [0.15, 0.2) is 0 Å². The van der Waals surface area contributed by atoms with Crippen molar-refractivity contribution in [1.82, 2.24) is 0 Å². The standard InChI is InChI=1S/C20H32/c1-20(2,15-5-3-4-6-15)17-11-14-10-16(17)19-13-8-7-12(9-13)18(14)19/h12-19H,3-11H2,1-2H3. The second kappa shape index (κ2) is 4.05. The zero-order valence-electron chi connectivity index (χ0n) is 13.5. The van der Waals surface area contributed by atoms with Gasteiger partial charge in [-0.25, -0.2) is 0 Å². The van der Waals surface area contributed by atoms with Crippen molar-refractivity contribution in [2.24, 2.45) is 52.8 Å². The average molecular weight is 272 g/mol. The van der Waals surface area contributed by atoms with Crippen molar-refractivity contribution in [1.29, 1.82) is 0 Å². The monoisotopic (exact) mass is 272 g/mol. The Bertz CT molecular complexity index is 402. The zero-order valence-corrected chi connectivity index (χ0v) is 13.5. The summed E-state index contributed by atoms with van der Waals surface area (Å²) >= 11 is 0. The van der Waals surface area contributed by atoms with Crippen LogP contribution >= 0.6 is 0 Å². The summed E-state index contributed by atoms with van der Waals surface area (Å²) in [5.74, 6) is 9.20. The van der Waals surface area contributed by atoms with Crippen molar-refractivity contribution in [3.8, 4) is 0 Å². The molecule has 7 unspecified atom stereocenters. The normalized spacial score (nSPS) is 54.0. The van der Waals surface area contributed by atoms with Gasteiger partial charge in [0.05, 0.1) is 0 Å². The number of fused-ring (bicyclic) bond motifs is 9. The first-order valence-corrected chi connectivity index (χ1v) is 9.66. The first-order valence-electron chi connectivity index (χ1n) is 9.66. The van der Waals surface area contributed by atoms with Gasteiger partial charge in [0.2, 0.25) is 0 Å². The van der Waals surface area contributed by atoms with Crippen molar-refractivity contribution < 1.29 is 0 Å². The largest absolute Gasteiger partial charge is 0.0594 e. The second-order valence-corrected chi connectivity index (χ2v) is 9.79. The highest BCUT2D eigenvalue weighted by Crippen LogP contribution is 2.71. The summed E-state index contributed by atoms with van der Waals surface area (Å²) in [6, 6.07) is 0. The summed E-state index contributed by atoms with van der Waals surface area (Å²) in [5.41, 5.74) is 0.655. The summed E-state index contributed by atoms with van der Waals surface area (Å²) in [6.07, 6.45) is 14.2. The maximum atomic E-state index is 2.66. The molecule has 0 aromatic carbocycles. The molecular formula is C20H32. The number of rotatable bonds is 2. The van der Waals surface area contributed by atoms with Gasteiger partial charge < -0.3 is 0 Å². The van der Waals surface area contributed by atoms with E-state index in [1.165, 1.54) is 36.5 Å². The lowest BCUT2D eigenvalue weighted by Gasteiger charge is -2.47. The van der Waals surface area contributed by atoms with Gasteiger partial charge in [-0.05, 0) is 97.7 Å². The van der Waals surface area contributed by atoms with E-state index in [0.29, 0.717) is 5.41 Å². The Labute approximate surface area is 125 Å². The Morgan fingerprint density at radius 1 is 0.700 bits per heavy atom. The Morgan fingerprint density at radius 2 is 1.40 bits per heavy atom. The molecule has 0 N–H and O–H groups in total. The van der Waals surface area contributed by atoms with E-state index in [-0.39, 0.29) is 0 Å². The lowest BCUT2D eigenvalue weighted by Crippen LogP contribution is -2.41. The fourth-order valence-electron chi connectivity index (χ4n) is 8.39.